The second-order valence-electron chi connectivity index (χ2n) is 6.16. The Balaban J connectivity index is 1.91. The van der Waals surface area contributed by atoms with Gasteiger partial charge in [0.1, 0.15) is 12.3 Å². The molecule has 0 aliphatic rings. The van der Waals surface area contributed by atoms with E-state index < -0.39 is 18.0 Å². The number of carbonyl (C=O) groups is 4. The number of aromatic nitrogens is 3. The highest BCUT2D eigenvalue weighted by Crippen LogP contribution is 2.15. The minimum absolute atomic E-state index is 0.00547. The molecule has 0 atom stereocenters. The van der Waals surface area contributed by atoms with E-state index in [9.17, 15) is 19.2 Å². The highest BCUT2D eigenvalue weighted by molar-refractivity contribution is 6.04. The van der Waals surface area contributed by atoms with E-state index in [-0.39, 0.29) is 42.8 Å². The Labute approximate surface area is 171 Å². The molecule has 12 heteroatoms. The molecule has 0 saturated carbocycles. The number of carboxylic acid groups (broad SMARTS) is 1. The van der Waals surface area contributed by atoms with Crippen LogP contribution in [-0.4, -0.2) is 56.3 Å². The Morgan fingerprint density at radius 1 is 1.20 bits per heavy atom. The van der Waals surface area contributed by atoms with E-state index in [2.05, 4.69) is 27.5 Å². The molecule has 0 fully saturated rings. The number of nitrogens with one attached hydrogen (secondary N) is 3. The Hall–Kier alpha value is -4.09. The average Bonchev–Trinajstić information content (AvgIpc) is 3.21. The second-order valence-corrected chi connectivity index (χ2v) is 6.16. The van der Waals surface area contributed by atoms with Gasteiger partial charge in [0.05, 0.1) is 5.69 Å². The standard InChI is InChI=1S/C18H22N6O6/c1-4-7-30-18(29)19-6-5-14(25)20-11-8-12(23(2)9-11)16(26)22-13-10-24(3)15(21-13)17(27)28/h4,8-10H,1,5-7H2,2-3H3,(H,19,29)(H,20,25)(H,22,26)(H,27,28). The zero-order valence-corrected chi connectivity index (χ0v) is 16.5. The van der Waals surface area contributed by atoms with Crippen molar-refractivity contribution >= 4 is 35.4 Å². The third-order valence-electron chi connectivity index (χ3n) is 3.78. The van der Waals surface area contributed by atoms with Gasteiger partial charge in [-0.25, -0.2) is 14.6 Å². The number of alkyl carbamates (subject to hydrolysis) is 1. The van der Waals surface area contributed by atoms with Gasteiger partial charge in [-0.15, -0.1) is 0 Å². The summed E-state index contributed by atoms with van der Waals surface area (Å²) < 4.78 is 7.49. The van der Waals surface area contributed by atoms with E-state index in [0.717, 1.165) is 0 Å². The molecule has 0 spiro atoms. The highest BCUT2D eigenvalue weighted by atomic mass is 16.5. The molecule has 0 aromatic carbocycles. The molecule has 0 radical (unpaired) electrons. The lowest BCUT2D eigenvalue weighted by atomic mass is 10.3. The van der Waals surface area contributed by atoms with Crippen LogP contribution in [0.2, 0.25) is 0 Å². The monoisotopic (exact) mass is 418 g/mol. The summed E-state index contributed by atoms with van der Waals surface area (Å²) in [7, 11) is 3.11. The normalized spacial score (nSPS) is 10.2. The molecule has 3 amide bonds. The summed E-state index contributed by atoms with van der Waals surface area (Å²) in [5, 5.41) is 16.6. The minimum atomic E-state index is -1.22. The number of ether oxygens (including phenoxy) is 1. The number of hydrogen-bond donors (Lipinski definition) is 4. The van der Waals surface area contributed by atoms with Crippen molar-refractivity contribution in [2.24, 2.45) is 14.1 Å². The fraction of sp³-hybridized carbons (Fsp3) is 0.278. The van der Waals surface area contributed by atoms with Crippen molar-refractivity contribution in [2.75, 3.05) is 23.8 Å². The summed E-state index contributed by atoms with van der Waals surface area (Å²) in [6, 6.07) is 1.46. The van der Waals surface area contributed by atoms with E-state index >= 15 is 0 Å². The number of aromatic carboxylic acids is 1. The number of carboxylic acids is 1. The zero-order valence-electron chi connectivity index (χ0n) is 16.5. The summed E-state index contributed by atoms with van der Waals surface area (Å²) >= 11 is 0. The molecule has 0 aliphatic heterocycles. The van der Waals surface area contributed by atoms with Crippen LogP contribution in [0.5, 0.6) is 0 Å². The maximum absolute atomic E-state index is 12.4. The number of aryl methyl sites for hydroxylation is 2. The lowest BCUT2D eigenvalue weighted by Crippen LogP contribution is -2.28. The SMILES string of the molecule is C=CCOC(=O)NCCC(=O)Nc1cc(C(=O)Nc2cn(C)c(C(=O)O)n2)n(C)c1. The summed E-state index contributed by atoms with van der Waals surface area (Å²) in [4.78, 5) is 50.6. The largest absolute Gasteiger partial charge is 0.475 e. The molecule has 160 valence electrons. The third-order valence-corrected chi connectivity index (χ3v) is 3.78. The van der Waals surface area contributed by atoms with Gasteiger partial charge >= 0.3 is 12.1 Å². The van der Waals surface area contributed by atoms with Crippen LogP contribution in [0.3, 0.4) is 0 Å². The van der Waals surface area contributed by atoms with Crippen LogP contribution in [0.4, 0.5) is 16.3 Å². The Morgan fingerprint density at radius 3 is 2.57 bits per heavy atom. The molecular formula is C18H22N6O6. The van der Waals surface area contributed by atoms with Crippen LogP contribution in [0.1, 0.15) is 27.5 Å². The van der Waals surface area contributed by atoms with Crippen LogP contribution < -0.4 is 16.0 Å². The maximum atomic E-state index is 12.4. The molecule has 4 N–H and O–H groups in total. The van der Waals surface area contributed by atoms with Gasteiger partial charge in [-0.1, -0.05) is 12.7 Å². The minimum Gasteiger partial charge on any atom is -0.475 e. The number of carbonyl (C=O) groups excluding carboxylic acids is 3. The Morgan fingerprint density at radius 2 is 1.93 bits per heavy atom. The maximum Gasteiger partial charge on any atom is 0.407 e. The van der Waals surface area contributed by atoms with Crippen molar-refractivity contribution in [2.45, 2.75) is 6.42 Å². The lowest BCUT2D eigenvalue weighted by molar-refractivity contribution is -0.116. The lowest BCUT2D eigenvalue weighted by Gasteiger charge is -2.05. The molecule has 0 aliphatic carbocycles. The second kappa shape index (κ2) is 9.91. The van der Waals surface area contributed by atoms with Crippen molar-refractivity contribution in [3.05, 3.63) is 42.6 Å². The van der Waals surface area contributed by atoms with Crippen LogP contribution in [0, 0.1) is 0 Å². The Kier molecular flexibility index (Phi) is 7.33. The molecule has 0 saturated heterocycles. The van der Waals surface area contributed by atoms with E-state index in [1.165, 1.54) is 34.5 Å². The number of hydrogen-bond acceptors (Lipinski definition) is 6. The first-order valence-electron chi connectivity index (χ1n) is 8.77. The van der Waals surface area contributed by atoms with Crippen LogP contribution >= 0.6 is 0 Å². The van der Waals surface area contributed by atoms with Crippen molar-refractivity contribution in [1.29, 1.82) is 0 Å². The van der Waals surface area contributed by atoms with E-state index in [1.54, 1.807) is 13.2 Å². The van der Waals surface area contributed by atoms with Gasteiger partial charge in [-0.05, 0) is 6.07 Å². The molecule has 30 heavy (non-hydrogen) atoms. The van der Waals surface area contributed by atoms with Gasteiger partial charge in [0.2, 0.25) is 11.7 Å². The molecule has 0 bridgehead atoms. The third kappa shape index (κ3) is 5.95. The van der Waals surface area contributed by atoms with Crippen molar-refractivity contribution in [1.82, 2.24) is 19.4 Å². The highest BCUT2D eigenvalue weighted by Gasteiger charge is 2.17. The molecule has 2 aromatic rings. The summed E-state index contributed by atoms with van der Waals surface area (Å²) in [5.41, 5.74) is 0.605. The number of amides is 3. The van der Waals surface area contributed by atoms with Gasteiger partial charge in [0.25, 0.3) is 5.91 Å². The Bertz CT molecular complexity index is 976. The quantitative estimate of drug-likeness (QED) is 0.442. The van der Waals surface area contributed by atoms with E-state index in [1.807, 2.05) is 0 Å². The summed E-state index contributed by atoms with van der Waals surface area (Å²) in [6.45, 7) is 3.57. The van der Waals surface area contributed by atoms with Crippen LogP contribution in [0.15, 0.2) is 31.1 Å². The van der Waals surface area contributed by atoms with Gasteiger partial charge in [0.15, 0.2) is 5.82 Å². The number of imidazole rings is 1. The summed E-state index contributed by atoms with van der Waals surface area (Å²) in [6.07, 6.45) is 3.70. The number of anilines is 2. The molecule has 2 rings (SSSR count). The van der Waals surface area contributed by atoms with Gasteiger partial charge in [0, 0.05) is 39.5 Å². The van der Waals surface area contributed by atoms with E-state index in [0.29, 0.717) is 5.69 Å². The van der Waals surface area contributed by atoms with Crippen LogP contribution in [0.25, 0.3) is 0 Å². The smallest absolute Gasteiger partial charge is 0.407 e. The van der Waals surface area contributed by atoms with Crippen molar-refractivity contribution < 1.29 is 29.0 Å². The van der Waals surface area contributed by atoms with Crippen molar-refractivity contribution in [3.63, 3.8) is 0 Å². The molecule has 0 unspecified atom stereocenters. The number of nitrogens with zero attached hydrogens (tertiary/aromatic N) is 3. The molecule has 2 heterocycles. The molecular weight excluding hydrogens is 396 g/mol. The predicted octanol–water partition coefficient (Wildman–Crippen LogP) is 0.950. The first kappa shape index (κ1) is 22.2. The van der Waals surface area contributed by atoms with Crippen molar-refractivity contribution in [3.8, 4) is 0 Å². The topological polar surface area (TPSA) is 157 Å². The first-order valence-corrected chi connectivity index (χ1v) is 8.77. The molecule has 2 aromatic heterocycles. The average molecular weight is 418 g/mol. The van der Waals surface area contributed by atoms with Gasteiger partial charge in [-0.2, -0.15) is 0 Å². The summed E-state index contributed by atoms with van der Waals surface area (Å²) in [5.74, 6) is -2.24. The predicted molar refractivity (Wildman–Crippen MR) is 106 cm³/mol. The van der Waals surface area contributed by atoms with Crippen LogP contribution in [-0.2, 0) is 23.6 Å². The van der Waals surface area contributed by atoms with Gasteiger partial charge < -0.3 is 34.9 Å². The first-order chi connectivity index (χ1) is 14.2. The number of rotatable bonds is 9. The fourth-order valence-electron chi connectivity index (χ4n) is 2.45. The fourth-order valence-corrected chi connectivity index (χ4v) is 2.45. The van der Waals surface area contributed by atoms with E-state index in [4.69, 9.17) is 9.84 Å². The van der Waals surface area contributed by atoms with Gasteiger partial charge in [-0.3, -0.25) is 9.59 Å². The zero-order chi connectivity index (χ0) is 22.3. The molecule has 12 nitrogen and oxygen atoms in total.